The number of hydrogen-bond acceptors (Lipinski definition) is 2. The molecule has 154 valence electrons. The second kappa shape index (κ2) is 9.75. The number of hydrogen-bond donors (Lipinski definition) is 1. The van der Waals surface area contributed by atoms with Crippen LogP contribution in [-0.2, 0) is 6.54 Å². The Labute approximate surface area is 181 Å². The van der Waals surface area contributed by atoms with E-state index in [0.717, 1.165) is 19.6 Å². The molecule has 0 heterocycles. The zero-order chi connectivity index (χ0) is 19.5. The molecule has 3 heteroatoms. The van der Waals surface area contributed by atoms with E-state index < -0.39 is 0 Å². The molecule has 1 atom stereocenters. The lowest BCUT2D eigenvalue weighted by Crippen LogP contribution is -2.28. The SMILES string of the molecule is CCN(CC)CCCC(C)NCc1ccc2ccc3cccc4ccc1c2c34.Cl. The van der Waals surface area contributed by atoms with E-state index in [1.54, 1.807) is 0 Å². The molecule has 1 N–H and O–H groups in total. The van der Waals surface area contributed by atoms with Crippen LogP contribution in [0.15, 0.2) is 54.6 Å². The number of rotatable bonds is 9. The first-order valence-electron chi connectivity index (χ1n) is 10.8. The molecule has 0 saturated carbocycles. The van der Waals surface area contributed by atoms with Gasteiger partial charge in [-0.1, -0.05) is 68.4 Å². The van der Waals surface area contributed by atoms with Crippen molar-refractivity contribution < 1.29 is 0 Å². The molecule has 0 fully saturated rings. The smallest absolute Gasteiger partial charge is 0.0214 e. The summed E-state index contributed by atoms with van der Waals surface area (Å²) in [7, 11) is 0. The summed E-state index contributed by atoms with van der Waals surface area (Å²) in [6, 6.07) is 20.8. The number of benzene rings is 4. The van der Waals surface area contributed by atoms with Crippen molar-refractivity contribution in [3.63, 3.8) is 0 Å². The fourth-order valence-electron chi connectivity index (χ4n) is 4.50. The van der Waals surface area contributed by atoms with Crippen molar-refractivity contribution in [1.82, 2.24) is 10.2 Å². The monoisotopic (exact) mass is 408 g/mol. The lowest BCUT2D eigenvalue weighted by atomic mass is 9.92. The van der Waals surface area contributed by atoms with Crippen LogP contribution in [0, 0.1) is 0 Å². The predicted molar refractivity (Wildman–Crippen MR) is 131 cm³/mol. The Balaban J connectivity index is 0.00000240. The van der Waals surface area contributed by atoms with Crippen molar-refractivity contribution in [3.8, 4) is 0 Å². The third-order valence-corrected chi connectivity index (χ3v) is 6.27. The predicted octanol–water partition coefficient (Wildman–Crippen LogP) is 6.61. The molecule has 29 heavy (non-hydrogen) atoms. The summed E-state index contributed by atoms with van der Waals surface area (Å²) >= 11 is 0. The average Bonchev–Trinajstić information content (AvgIpc) is 2.74. The van der Waals surface area contributed by atoms with Gasteiger partial charge in [0.05, 0.1) is 0 Å². The number of nitrogens with zero attached hydrogens (tertiary/aromatic N) is 1. The summed E-state index contributed by atoms with van der Waals surface area (Å²) in [6.45, 7) is 11.3. The highest BCUT2D eigenvalue weighted by Crippen LogP contribution is 2.35. The minimum absolute atomic E-state index is 0. The Bertz CT molecular complexity index is 1040. The van der Waals surface area contributed by atoms with Crippen molar-refractivity contribution in [1.29, 1.82) is 0 Å². The lowest BCUT2D eigenvalue weighted by Gasteiger charge is -2.20. The summed E-state index contributed by atoms with van der Waals surface area (Å²) in [5, 5.41) is 12.0. The highest BCUT2D eigenvalue weighted by Gasteiger charge is 2.11. The van der Waals surface area contributed by atoms with Gasteiger partial charge in [-0.05, 0) is 77.3 Å². The maximum atomic E-state index is 3.76. The molecule has 4 rings (SSSR count). The highest BCUT2D eigenvalue weighted by molar-refractivity contribution is 6.23. The Hall–Kier alpha value is -1.87. The van der Waals surface area contributed by atoms with Gasteiger partial charge in [0.15, 0.2) is 0 Å². The summed E-state index contributed by atoms with van der Waals surface area (Å²) in [4.78, 5) is 2.51. The van der Waals surface area contributed by atoms with E-state index in [1.165, 1.54) is 57.3 Å². The minimum atomic E-state index is 0. The molecule has 0 radical (unpaired) electrons. The van der Waals surface area contributed by atoms with E-state index in [1.807, 2.05) is 0 Å². The van der Waals surface area contributed by atoms with Crippen LogP contribution in [-0.4, -0.2) is 30.6 Å². The molecule has 0 aliphatic carbocycles. The number of nitrogens with one attached hydrogen (secondary N) is 1. The first kappa shape index (κ1) is 21.8. The van der Waals surface area contributed by atoms with Gasteiger partial charge in [-0.25, -0.2) is 0 Å². The van der Waals surface area contributed by atoms with E-state index in [2.05, 4.69) is 85.6 Å². The molecule has 0 aromatic heterocycles. The molecule has 0 amide bonds. The van der Waals surface area contributed by atoms with Gasteiger partial charge in [0, 0.05) is 12.6 Å². The van der Waals surface area contributed by atoms with Crippen LogP contribution in [0.1, 0.15) is 39.2 Å². The first-order chi connectivity index (χ1) is 13.7. The molecule has 4 aromatic rings. The van der Waals surface area contributed by atoms with Gasteiger partial charge in [0.25, 0.3) is 0 Å². The molecular formula is C26H33ClN2. The third-order valence-electron chi connectivity index (χ3n) is 6.27. The van der Waals surface area contributed by atoms with Crippen molar-refractivity contribution in [3.05, 3.63) is 60.2 Å². The van der Waals surface area contributed by atoms with Crippen LogP contribution < -0.4 is 5.32 Å². The summed E-state index contributed by atoms with van der Waals surface area (Å²) < 4.78 is 0. The van der Waals surface area contributed by atoms with Crippen LogP contribution in [0.2, 0.25) is 0 Å². The van der Waals surface area contributed by atoms with Crippen LogP contribution in [0.5, 0.6) is 0 Å². The fraction of sp³-hybridized carbons (Fsp3) is 0.385. The zero-order valence-corrected chi connectivity index (χ0v) is 18.7. The topological polar surface area (TPSA) is 15.3 Å². The van der Waals surface area contributed by atoms with Crippen molar-refractivity contribution in [2.45, 2.75) is 46.2 Å². The summed E-state index contributed by atoms with van der Waals surface area (Å²) in [5.41, 5.74) is 1.40. The number of halogens is 1. The highest BCUT2D eigenvalue weighted by atomic mass is 35.5. The minimum Gasteiger partial charge on any atom is -0.310 e. The molecular weight excluding hydrogens is 376 g/mol. The molecule has 0 saturated heterocycles. The Morgan fingerprint density at radius 2 is 1.45 bits per heavy atom. The maximum Gasteiger partial charge on any atom is 0.0214 e. The van der Waals surface area contributed by atoms with E-state index >= 15 is 0 Å². The van der Waals surface area contributed by atoms with Crippen LogP contribution in [0.25, 0.3) is 32.3 Å². The van der Waals surface area contributed by atoms with E-state index in [4.69, 9.17) is 0 Å². The molecule has 4 aromatic carbocycles. The van der Waals surface area contributed by atoms with E-state index in [-0.39, 0.29) is 12.4 Å². The second-order valence-corrected chi connectivity index (χ2v) is 8.03. The maximum absolute atomic E-state index is 3.76. The van der Waals surface area contributed by atoms with E-state index in [9.17, 15) is 0 Å². The summed E-state index contributed by atoms with van der Waals surface area (Å²) in [6.07, 6.45) is 2.48. The summed E-state index contributed by atoms with van der Waals surface area (Å²) in [5.74, 6) is 0. The molecule has 2 nitrogen and oxygen atoms in total. The van der Waals surface area contributed by atoms with Gasteiger partial charge < -0.3 is 10.2 Å². The largest absolute Gasteiger partial charge is 0.310 e. The fourth-order valence-corrected chi connectivity index (χ4v) is 4.50. The average molecular weight is 409 g/mol. The second-order valence-electron chi connectivity index (χ2n) is 8.03. The van der Waals surface area contributed by atoms with Crippen molar-refractivity contribution >= 4 is 44.7 Å². The van der Waals surface area contributed by atoms with Crippen LogP contribution in [0.4, 0.5) is 0 Å². The molecule has 1 unspecified atom stereocenters. The Morgan fingerprint density at radius 3 is 2.14 bits per heavy atom. The zero-order valence-electron chi connectivity index (χ0n) is 17.9. The van der Waals surface area contributed by atoms with Crippen molar-refractivity contribution in [2.24, 2.45) is 0 Å². The molecule has 0 spiro atoms. The Morgan fingerprint density at radius 1 is 0.828 bits per heavy atom. The molecule has 0 bridgehead atoms. The molecule has 0 aliphatic heterocycles. The van der Waals surface area contributed by atoms with Gasteiger partial charge in [-0.2, -0.15) is 0 Å². The van der Waals surface area contributed by atoms with Gasteiger partial charge in [0.1, 0.15) is 0 Å². The quantitative estimate of drug-likeness (QED) is 0.313. The van der Waals surface area contributed by atoms with Gasteiger partial charge in [-0.15, -0.1) is 12.4 Å². The van der Waals surface area contributed by atoms with Crippen LogP contribution >= 0.6 is 12.4 Å². The normalized spacial score (nSPS) is 12.8. The van der Waals surface area contributed by atoms with Gasteiger partial charge >= 0.3 is 0 Å². The first-order valence-corrected chi connectivity index (χ1v) is 10.8. The third kappa shape index (κ3) is 4.50. The van der Waals surface area contributed by atoms with Crippen LogP contribution in [0.3, 0.4) is 0 Å². The molecule has 0 aliphatic rings. The van der Waals surface area contributed by atoms with E-state index in [0.29, 0.717) is 6.04 Å². The van der Waals surface area contributed by atoms with Crippen molar-refractivity contribution in [2.75, 3.05) is 19.6 Å². The lowest BCUT2D eigenvalue weighted by molar-refractivity contribution is 0.290. The van der Waals surface area contributed by atoms with Gasteiger partial charge in [0.2, 0.25) is 0 Å². The standard InChI is InChI=1S/C26H32N2.ClH/c1-4-28(5-2)17-7-8-19(3)27-18-23-14-13-22-12-11-20-9-6-10-21-15-16-24(23)26(22)25(20)21;/h6,9-16,19,27H,4-5,7-8,17-18H2,1-3H3;1H. The van der Waals surface area contributed by atoms with Gasteiger partial charge in [-0.3, -0.25) is 0 Å². The Kier molecular flexibility index (Phi) is 7.34.